The van der Waals surface area contributed by atoms with Crippen molar-refractivity contribution in [2.75, 3.05) is 7.05 Å². The fraction of sp³-hybridized carbons (Fsp3) is 0.444. The van der Waals surface area contributed by atoms with E-state index in [1.165, 1.54) is 16.0 Å². The predicted molar refractivity (Wildman–Crippen MR) is 89.7 cm³/mol. The van der Waals surface area contributed by atoms with Crippen molar-refractivity contribution in [3.8, 4) is 0 Å². The Morgan fingerprint density at radius 1 is 1.05 bits per heavy atom. The van der Waals surface area contributed by atoms with E-state index in [0.717, 1.165) is 12.8 Å². The molecule has 0 saturated carbocycles. The second kappa shape index (κ2) is 6.55. The van der Waals surface area contributed by atoms with E-state index in [1.54, 1.807) is 0 Å². The molecule has 1 nitrogen and oxygen atoms in total. The molecule has 1 unspecified atom stereocenters. The molecule has 20 heavy (non-hydrogen) atoms. The van der Waals surface area contributed by atoms with E-state index >= 15 is 0 Å². The fourth-order valence-corrected chi connectivity index (χ4v) is 3.16. The van der Waals surface area contributed by atoms with E-state index in [0.29, 0.717) is 6.04 Å². The second-order valence-corrected chi connectivity index (χ2v) is 7.45. The van der Waals surface area contributed by atoms with E-state index < -0.39 is 0 Å². The molecule has 108 valence electrons. The van der Waals surface area contributed by atoms with E-state index in [9.17, 15) is 0 Å². The zero-order chi connectivity index (χ0) is 14.6. The molecule has 1 heterocycles. The first-order valence-corrected chi connectivity index (χ1v) is 8.16. The van der Waals surface area contributed by atoms with Gasteiger partial charge in [0, 0.05) is 10.9 Å². The van der Waals surface area contributed by atoms with Crippen LogP contribution in [0.1, 0.15) is 36.8 Å². The van der Waals surface area contributed by atoms with Gasteiger partial charge in [-0.2, -0.15) is 0 Å². The normalized spacial score (nSPS) is 13.4. The van der Waals surface area contributed by atoms with Crippen LogP contribution < -0.4 is 5.32 Å². The molecule has 0 radical (unpaired) electrons. The van der Waals surface area contributed by atoms with Gasteiger partial charge in [-0.25, -0.2) is 0 Å². The highest BCUT2D eigenvalue weighted by Crippen LogP contribution is 2.22. The topological polar surface area (TPSA) is 12.0 Å². The molecule has 0 bridgehead atoms. The van der Waals surface area contributed by atoms with E-state index in [4.69, 9.17) is 0 Å². The number of benzene rings is 1. The van der Waals surface area contributed by atoms with Crippen LogP contribution in [0.25, 0.3) is 0 Å². The first-order chi connectivity index (χ1) is 9.49. The Labute approximate surface area is 127 Å². The second-order valence-electron chi connectivity index (χ2n) is 6.42. The standard InChI is InChI=1S/C18H25NS/c1-18(2,3)15-9-7-14(8-10-15)12-16(19-4)13-17-6-5-11-20-17/h5-11,16,19H,12-13H2,1-4H3. The van der Waals surface area contributed by atoms with Crippen LogP contribution in [0.4, 0.5) is 0 Å². The molecule has 0 aliphatic carbocycles. The van der Waals surface area contributed by atoms with Crippen molar-refractivity contribution in [3.63, 3.8) is 0 Å². The summed E-state index contributed by atoms with van der Waals surface area (Å²) < 4.78 is 0. The summed E-state index contributed by atoms with van der Waals surface area (Å²) in [5.74, 6) is 0. The fourth-order valence-electron chi connectivity index (χ4n) is 2.37. The van der Waals surface area contributed by atoms with Gasteiger partial charge in [0.1, 0.15) is 0 Å². The van der Waals surface area contributed by atoms with Crippen molar-refractivity contribution >= 4 is 11.3 Å². The lowest BCUT2D eigenvalue weighted by Gasteiger charge is -2.20. The molecule has 2 aromatic rings. The summed E-state index contributed by atoms with van der Waals surface area (Å²) in [5, 5.41) is 5.59. The van der Waals surface area contributed by atoms with Crippen LogP contribution in [0.5, 0.6) is 0 Å². The van der Waals surface area contributed by atoms with Gasteiger partial charge in [0.25, 0.3) is 0 Å². The molecule has 1 atom stereocenters. The molecule has 1 aromatic carbocycles. The Balaban J connectivity index is 2.01. The lowest BCUT2D eigenvalue weighted by molar-refractivity contribution is 0.559. The molecule has 1 aromatic heterocycles. The SMILES string of the molecule is CNC(Cc1ccc(C(C)(C)C)cc1)Cc1cccs1. The largest absolute Gasteiger partial charge is 0.316 e. The number of thiophene rings is 1. The first-order valence-electron chi connectivity index (χ1n) is 7.28. The molecule has 2 heteroatoms. The molecule has 0 aliphatic heterocycles. The van der Waals surface area contributed by atoms with Crippen LogP contribution in [0.15, 0.2) is 41.8 Å². The van der Waals surface area contributed by atoms with Gasteiger partial charge in [-0.3, -0.25) is 0 Å². The molecule has 1 N–H and O–H groups in total. The quantitative estimate of drug-likeness (QED) is 0.858. The van der Waals surface area contributed by atoms with Crippen molar-refractivity contribution in [1.29, 1.82) is 0 Å². The summed E-state index contributed by atoms with van der Waals surface area (Å²) >= 11 is 1.84. The summed E-state index contributed by atoms with van der Waals surface area (Å²) in [4.78, 5) is 1.45. The van der Waals surface area contributed by atoms with Crippen LogP contribution in [-0.2, 0) is 18.3 Å². The van der Waals surface area contributed by atoms with Gasteiger partial charge in [0.2, 0.25) is 0 Å². The number of nitrogens with one attached hydrogen (secondary N) is 1. The van der Waals surface area contributed by atoms with Gasteiger partial charge >= 0.3 is 0 Å². The maximum absolute atomic E-state index is 3.44. The van der Waals surface area contributed by atoms with Crippen molar-refractivity contribution in [1.82, 2.24) is 5.32 Å². The summed E-state index contributed by atoms with van der Waals surface area (Å²) in [7, 11) is 2.06. The maximum Gasteiger partial charge on any atom is 0.0153 e. The molecule has 0 spiro atoms. The number of hydrogen-bond acceptors (Lipinski definition) is 2. The highest BCUT2D eigenvalue weighted by Gasteiger charge is 2.14. The van der Waals surface area contributed by atoms with Gasteiger partial charge in [-0.15, -0.1) is 11.3 Å². The highest BCUT2D eigenvalue weighted by molar-refractivity contribution is 7.09. The molecular formula is C18H25NS. The summed E-state index contributed by atoms with van der Waals surface area (Å²) in [6.07, 6.45) is 2.19. The molecular weight excluding hydrogens is 262 g/mol. The average molecular weight is 287 g/mol. The average Bonchev–Trinajstić information content (AvgIpc) is 2.90. The van der Waals surface area contributed by atoms with Crippen molar-refractivity contribution in [3.05, 3.63) is 57.8 Å². The third kappa shape index (κ3) is 4.19. The minimum atomic E-state index is 0.234. The monoisotopic (exact) mass is 287 g/mol. The van der Waals surface area contributed by atoms with Crippen LogP contribution in [0, 0.1) is 0 Å². The molecule has 0 amide bonds. The van der Waals surface area contributed by atoms with Gasteiger partial charge in [-0.05, 0) is 47.9 Å². The third-order valence-corrected chi connectivity index (χ3v) is 4.64. The van der Waals surface area contributed by atoms with Crippen molar-refractivity contribution < 1.29 is 0 Å². The van der Waals surface area contributed by atoms with Gasteiger partial charge in [-0.1, -0.05) is 51.1 Å². The summed E-state index contributed by atoms with van der Waals surface area (Å²) in [6, 6.07) is 14.0. The lowest BCUT2D eigenvalue weighted by atomic mass is 9.86. The van der Waals surface area contributed by atoms with E-state index in [-0.39, 0.29) is 5.41 Å². The Kier molecular flexibility index (Phi) is 5.00. The number of rotatable bonds is 5. The lowest BCUT2D eigenvalue weighted by Crippen LogP contribution is -2.29. The first kappa shape index (κ1) is 15.3. The molecule has 0 fully saturated rings. The zero-order valence-electron chi connectivity index (χ0n) is 12.9. The molecule has 2 rings (SSSR count). The Morgan fingerprint density at radius 2 is 1.75 bits per heavy atom. The minimum absolute atomic E-state index is 0.234. The van der Waals surface area contributed by atoms with E-state index in [1.807, 2.05) is 11.3 Å². The van der Waals surface area contributed by atoms with Crippen LogP contribution in [0.3, 0.4) is 0 Å². The van der Waals surface area contributed by atoms with Gasteiger partial charge < -0.3 is 5.32 Å². The van der Waals surface area contributed by atoms with E-state index in [2.05, 4.69) is 74.9 Å². The Morgan fingerprint density at radius 3 is 2.25 bits per heavy atom. The number of hydrogen-bond donors (Lipinski definition) is 1. The Bertz CT molecular complexity index is 505. The zero-order valence-corrected chi connectivity index (χ0v) is 13.8. The predicted octanol–water partition coefficient (Wildman–Crippen LogP) is 4.42. The van der Waals surface area contributed by atoms with Crippen LogP contribution in [0.2, 0.25) is 0 Å². The Hall–Kier alpha value is -1.12. The number of likely N-dealkylation sites (N-methyl/N-ethyl adjacent to an activating group) is 1. The smallest absolute Gasteiger partial charge is 0.0153 e. The minimum Gasteiger partial charge on any atom is -0.316 e. The maximum atomic E-state index is 3.44. The van der Waals surface area contributed by atoms with Gasteiger partial charge in [0.05, 0.1) is 0 Å². The summed E-state index contributed by atoms with van der Waals surface area (Å²) in [6.45, 7) is 6.78. The molecule has 0 aliphatic rings. The highest BCUT2D eigenvalue weighted by atomic mass is 32.1. The van der Waals surface area contributed by atoms with Crippen molar-refractivity contribution in [2.45, 2.75) is 45.1 Å². The van der Waals surface area contributed by atoms with Crippen LogP contribution in [-0.4, -0.2) is 13.1 Å². The third-order valence-electron chi connectivity index (χ3n) is 3.74. The van der Waals surface area contributed by atoms with Crippen LogP contribution >= 0.6 is 11.3 Å². The van der Waals surface area contributed by atoms with Crippen molar-refractivity contribution in [2.24, 2.45) is 0 Å². The van der Waals surface area contributed by atoms with Gasteiger partial charge in [0.15, 0.2) is 0 Å². The molecule has 0 saturated heterocycles. The summed E-state index contributed by atoms with van der Waals surface area (Å²) in [5.41, 5.74) is 3.05.